The fourth-order valence-electron chi connectivity index (χ4n) is 3.35. The molecule has 1 atom stereocenters. The Balaban J connectivity index is 1.28. The molecule has 138 valence electrons. The second-order valence-corrected chi connectivity index (χ2v) is 8.73. The summed E-state index contributed by atoms with van der Waals surface area (Å²) >= 11 is 11.8. The molecular weight excluding hydrogens is 357 g/mol. The average molecular weight is 384 g/mol. The molecule has 0 spiro atoms. The summed E-state index contributed by atoms with van der Waals surface area (Å²) in [6.45, 7) is 8.30. The van der Waals surface area contributed by atoms with Crippen molar-refractivity contribution in [1.82, 2.24) is 10.2 Å². The van der Waals surface area contributed by atoms with Crippen LogP contribution >= 0.6 is 23.2 Å². The number of carbonyl (C=O) groups excluding carboxylic acids is 1. The highest BCUT2D eigenvalue weighted by molar-refractivity contribution is 6.52. The van der Waals surface area contributed by atoms with Crippen LogP contribution in [0.5, 0.6) is 0 Å². The van der Waals surface area contributed by atoms with Gasteiger partial charge in [0.15, 0.2) is 0 Å². The van der Waals surface area contributed by atoms with E-state index in [1.807, 2.05) is 0 Å². The fourth-order valence-corrected chi connectivity index (χ4v) is 3.85. The molecule has 1 aromatic carbocycles. The summed E-state index contributed by atoms with van der Waals surface area (Å²) in [7, 11) is 0. The quantitative estimate of drug-likeness (QED) is 0.579. The summed E-state index contributed by atoms with van der Waals surface area (Å²) in [6, 6.07) is 8.73. The zero-order valence-corrected chi connectivity index (χ0v) is 16.3. The number of rotatable bonds is 7. The summed E-state index contributed by atoms with van der Waals surface area (Å²) < 4.78 is -0.818. The molecule has 1 unspecified atom stereocenters. The van der Waals surface area contributed by atoms with Gasteiger partial charge < -0.3 is 10.2 Å². The van der Waals surface area contributed by atoms with Crippen LogP contribution in [0.4, 0.5) is 5.69 Å². The van der Waals surface area contributed by atoms with Crippen LogP contribution in [0.15, 0.2) is 24.3 Å². The Bertz CT molecular complexity index is 600. The summed E-state index contributed by atoms with van der Waals surface area (Å²) in [6.07, 6.45) is 2.67. The lowest BCUT2D eigenvalue weighted by atomic mass is 10.2. The minimum absolute atomic E-state index is 0.00299. The molecule has 6 heteroatoms. The molecular formula is C19H27Cl2N3O. The van der Waals surface area contributed by atoms with Gasteiger partial charge in [0, 0.05) is 38.4 Å². The summed E-state index contributed by atoms with van der Waals surface area (Å²) in [5.41, 5.74) is 2.64. The Morgan fingerprint density at radius 3 is 2.60 bits per heavy atom. The molecule has 1 aliphatic heterocycles. The van der Waals surface area contributed by atoms with Crippen LogP contribution in [-0.4, -0.2) is 54.4 Å². The third-order valence-corrected chi connectivity index (χ3v) is 5.92. The van der Waals surface area contributed by atoms with Crippen molar-refractivity contribution in [2.24, 2.45) is 5.92 Å². The Hall–Kier alpha value is -0.970. The third kappa shape index (κ3) is 5.25. The van der Waals surface area contributed by atoms with Gasteiger partial charge in [-0.3, -0.25) is 9.69 Å². The van der Waals surface area contributed by atoms with Gasteiger partial charge in [0.05, 0.1) is 5.92 Å². The summed E-state index contributed by atoms with van der Waals surface area (Å²) in [5.74, 6) is -0.220. The van der Waals surface area contributed by atoms with E-state index in [0.717, 1.165) is 45.6 Å². The number of nitrogens with one attached hydrogen (secondary N) is 1. The van der Waals surface area contributed by atoms with Gasteiger partial charge in [0.1, 0.15) is 4.33 Å². The number of halogens is 2. The number of piperazine rings is 1. The molecule has 1 saturated carbocycles. The molecule has 1 amide bonds. The number of aryl methyl sites for hydroxylation is 1. The first kappa shape index (κ1) is 18.8. The molecule has 4 nitrogen and oxygen atoms in total. The molecule has 3 rings (SSSR count). The van der Waals surface area contributed by atoms with E-state index < -0.39 is 4.33 Å². The van der Waals surface area contributed by atoms with Gasteiger partial charge in [0.25, 0.3) is 0 Å². The number of benzene rings is 1. The zero-order chi connectivity index (χ0) is 17.9. The van der Waals surface area contributed by atoms with Crippen molar-refractivity contribution in [2.75, 3.05) is 44.2 Å². The number of nitrogens with zero attached hydrogens (tertiary/aromatic N) is 2. The molecule has 0 bridgehead atoms. The van der Waals surface area contributed by atoms with Crippen LogP contribution in [-0.2, 0) is 4.79 Å². The van der Waals surface area contributed by atoms with Crippen molar-refractivity contribution >= 4 is 34.8 Å². The Morgan fingerprint density at radius 2 is 1.96 bits per heavy atom. The van der Waals surface area contributed by atoms with Crippen molar-refractivity contribution in [1.29, 1.82) is 0 Å². The number of hydrogen-bond donors (Lipinski definition) is 1. The molecule has 1 aromatic rings. The smallest absolute Gasteiger partial charge is 0.226 e. The molecule has 25 heavy (non-hydrogen) atoms. The fraction of sp³-hybridized carbons (Fsp3) is 0.632. The van der Waals surface area contributed by atoms with Gasteiger partial charge in [0.2, 0.25) is 5.91 Å². The standard InChI is InChI=1S/C19H27Cl2N3O/c1-15-5-4-6-16(13-15)24-11-9-23(10-12-24)8-3-2-7-22-18(25)17-14-19(17,20)21/h4-6,13,17H,2-3,7-12,14H2,1H3,(H,22,25). The van der Waals surface area contributed by atoms with Crippen LogP contribution in [0.25, 0.3) is 0 Å². The zero-order valence-electron chi connectivity index (χ0n) is 14.8. The molecule has 1 aliphatic carbocycles. The molecule has 0 aromatic heterocycles. The number of anilines is 1. The van der Waals surface area contributed by atoms with Crippen LogP contribution in [0.3, 0.4) is 0 Å². The topological polar surface area (TPSA) is 35.6 Å². The van der Waals surface area contributed by atoms with Crippen molar-refractivity contribution in [3.63, 3.8) is 0 Å². The largest absolute Gasteiger partial charge is 0.369 e. The van der Waals surface area contributed by atoms with Crippen molar-refractivity contribution < 1.29 is 4.79 Å². The minimum atomic E-state index is -0.818. The van der Waals surface area contributed by atoms with Crippen molar-refractivity contribution in [3.8, 4) is 0 Å². The minimum Gasteiger partial charge on any atom is -0.369 e. The lowest BCUT2D eigenvalue weighted by Crippen LogP contribution is -2.46. The van der Waals surface area contributed by atoms with E-state index in [0.29, 0.717) is 13.0 Å². The first-order valence-corrected chi connectivity index (χ1v) is 9.91. The summed E-state index contributed by atoms with van der Waals surface area (Å²) in [4.78, 5) is 16.8. The van der Waals surface area contributed by atoms with Gasteiger partial charge >= 0.3 is 0 Å². The van der Waals surface area contributed by atoms with Gasteiger partial charge in [-0.2, -0.15) is 0 Å². The first-order valence-electron chi connectivity index (χ1n) is 9.15. The predicted molar refractivity (Wildman–Crippen MR) is 105 cm³/mol. The van der Waals surface area contributed by atoms with E-state index >= 15 is 0 Å². The Kier molecular flexibility index (Phi) is 6.13. The molecule has 2 aliphatic rings. The second-order valence-electron chi connectivity index (χ2n) is 7.18. The molecule has 1 N–H and O–H groups in total. The van der Waals surface area contributed by atoms with Gasteiger partial charge in [-0.1, -0.05) is 12.1 Å². The molecule has 1 saturated heterocycles. The lowest BCUT2D eigenvalue weighted by molar-refractivity contribution is -0.122. The van der Waals surface area contributed by atoms with E-state index in [2.05, 4.69) is 46.3 Å². The maximum Gasteiger partial charge on any atom is 0.226 e. The lowest BCUT2D eigenvalue weighted by Gasteiger charge is -2.36. The number of amides is 1. The predicted octanol–water partition coefficient (Wildman–Crippen LogP) is 3.21. The maximum absolute atomic E-state index is 11.8. The number of alkyl halides is 2. The molecule has 1 heterocycles. The van der Waals surface area contributed by atoms with Crippen LogP contribution < -0.4 is 10.2 Å². The normalized spacial score (nSPS) is 22.7. The summed E-state index contributed by atoms with van der Waals surface area (Å²) in [5, 5.41) is 2.94. The number of carbonyl (C=O) groups is 1. The van der Waals surface area contributed by atoms with Gasteiger partial charge in [-0.05, 0) is 50.4 Å². The van der Waals surface area contributed by atoms with Gasteiger partial charge in [-0.15, -0.1) is 23.2 Å². The SMILES string of the molecule is Cc1cccc(N2CCN(CCCCNC(=O)C3CC3(Cl)Cl)CC2)c1. The van der Waals surface area contributed by atoms with E-state index in [1.165, 1.54) is 11.3 Å². The highest BCUT2D eigenvalue weighted by atomic mass is 35.5. The highest BCUT2D eigenvalue weighted by Gasteiger charge is 2.56. The Labute approximate surface area is 160 Å². The van der Waals surface area contributed by atoms with Crippen LogP contribution in [0.2, 0.25) is 0 Å². The third-order valence-electron chi connectivity index (χ3n) is 5.08. The van der Waals surface area contributed by atoms with E-state index in [9.17, 15) is 4.79 Å². The van der Waals surface area contributed by atoms with E-state index in [-0.39, 0.29) is 11.8 Å². The van der Waals surface area contributed by atoms with Crippen LogP contribution in [0.1, 0.15) is 24.8 Å². The van der Waals surface area contributed by atoms with E-state index in [1.54, 1.807) is 0 Å². The van der Waals surface area contributed by atoms with Crippen LogP contribution in [0, 0.1) is 12.8 Å². The van der Waals surface area contributed by atoms with Crippen molar-refractivity contribution in [2.45, 2.75) is 30.5 Å². The maximum atomic E-state index is 11.8. The Morgan fingerprint density at radius 1 is 1.24 bits per heavy atom. The van der Waals surface area contributed by atoms with Crippen molar-refractivity contribution in [3.05, 3.63) is 29.8 Å². The first-order chi connectivity index (χ1) is 12.0. The second kappa shape index (κ2) is 8.15. The number of unbranched alkanes of at least 4 members (excludes halogenated alkanes) is 1. The van der Waals surface area contributed by atoms with Gasteiger partial charge in [-0.25, -0.2) is 0 Å². The highest BCUT2D eigenvalue weighted by Crippen LogP contribution is 2.53. The molecule has 0 radical (unpaired) electrons. The van der Waals surface area contributed by atoms with E-state index in [4.69, 9.17) is 23.2 Å². The average Bonchev–Trinajstić information content (AvgIpc) is 3.24. The molecule has 2 fully saturated rings. The monoisotopic (exact) mass is 383 g/mol. The number of hydrogen-bond acceptors (Lipinski definition) is 3.